The highest BCUT2D eigenvalue weighted by Crippen LogP contribution is 2.20. The minimum atomic E-state index is -0.0375. The molecule has 1 fully saturated rings. The van der Waals surface area contributed by atoms with Crippen LogP contribution in [-0.4, -0.2) is 45.4 Å². The smallest absolute Gasteiger partial charge is 0.251 e. The van der Waals surface area contributed by atoms with Gasteiger partial charge in [-0.1, -0.05) is 6.92 Å². The van der Waals surface area contributed by atoms with Gasteiger partial charge in [0.2, 0.25) is 0 Å². The Morgan fingerprint density at radius 3 is 2.75 bits per heavy atom. The highest BCUT2D eigenvalue weighted by atomic mass is 32.1. The summed E-state index contributed by atoms with van der Waals surface area (Å²) >= 11 is 1.75. The number of piperidine rings is 1. The van der Waals surface area contributed by atoms with Gasteiger partial charge in [0, 0.05) is 36.4 Å². The Morgan fingerprint density at radius 2 is 2.00 bits per heavy atom. The molecule has 0 spiro atoms. The Kier molecular flexibility index (Phi) is 5.92. The molecule has 146 valence electrons. The molecule has 0 atom stereocenters. The van der Waals surface area contributed by atoms with Crippen molar-refractivity contribution in [1.82, 2.24) is 25.2 Å². The summed E-state index contributed by atoms with van der Waals surface area (Å²) in [4.78, 5) is 28.1. The maximum atomic E-state index is 12.5. The van der Waals surface area contributed by atoms with E-state index in [1.54, 1.807) is 29.8 Å². The van der Waals surface area contributed by atoms with Gasteiger partial charge in [-0.15, -0.1) is 11.3 Å². The lowest BCUT2D eigenvalue weighted by Crippen LogP contribution is -2.38. The van der Waals surface area contributed by atoms with E-state index in [1.807, 2.05) is 12.1 Å². The van der Waals surface area contributed by atoms with E-state index in [-0.39, 0.29) is 5.91 Å². The molecule has 1 amide bonds. The Hall–Kier alpha value is -2.38. The van der Waals surface area contributed by atoms with E-state index in [0.717, 1.165) is 56.5 Å². The molecule has 7 heteroatoms. The van der Waals surface area contributed by atoms with Gasteiger partial charge in [0.05, 0.1) is 21.7 Å². The zero-order valence-electron chi connectivity index (χ0n) is 16.1. The van der Waals surface area contributed by atoms with E-state index in [4.69, 9.17) is 0 Å². The van der Waals surface area contributed by atoms with E-state index in [1.165, 1.54) is 10.7 Å². The lowest BCUT2D eigenvalue weighted by molar-refractivity contribution is 0.0935. The van der Waals surface area contributed by atoms with E-state index >= 15 is 0 Å². The van der Waals surface area contributed by atoms with Crippen LogP contribution in [0.5, 0.6) is 0 Å². The fourth-order valence-corrected chi connectivity index (χ4v) is 4.34. The summed E-state index contributed by atoms with van der Waals surface area (Å²) in [7, 11) is 0. The van der Waals surface area contributed by atoms with Gasteiger partial charge in [-0.3, -0.25) is 19.7 Å². The monoisotopic (exact) mass is 395 g/mol. The number of aromatic nitrogens is 3. The van der Waals surface area contributed by atoms with Crippen LogP contribution in [0.25, 0.3) is 11.0 Å². The summed E-state index contributed by atoms with van der Waals surface area (Å²) in [6.07, 6.45) is 6.52. The van der Waals surface area contributed by atoms with Crippen molar-refractivity contribution in [2.24, 2.45) is 5.92 Å². The minimum Gasteiger partial charge on any atom is -0.352 e. The van der Waals surface area contributed by atoms with Crippen LogP contribution in [0.4, 0.5) is 0 Å². The highest BCUT2D eigenvalue weighted by Gasteiger charge is 2.20. The van der Waals surface area contributed by atoms with Crippen LogP contribution in [0.2, 0.25) is 0 Å². The lowest BCUT2D eigenvalue weighted by atomic mass is 9.96. The molecule has 1 aliphatic rings. The van der Waals surface area contributed by atoms with Crippen LogP contribution >= 0.6 is 11.3 Å². The summed E-state index contributed by atoms with van der Waals surface area (Å²) in [5.74, 6) is 0.492. The zero-order chi connectivity index (χ0) is 19.3. The molecule has 1 aliphatic heterocycles. The number of hydrogen-bond donors (Lipinski definition) is 1. The quantitative estimate of drug-likeness (QED) is 0.693. The Bertz CT molecular complexity index is 949. The van der Waals surface area contributed by atoms with Crippen LogP contribution in [0, 0.1) is 5.92 Å². The molecule has 2 aromatic heterocycles. The predicted octanol–water partition coefficient (Wildman–Crippen LogP) is 3.29. The molecule has 3 heterocycles. The highest BCUT2D eigenvalue weighted by molar-refractivity contribution is 7.09. The Morgan fingerprint density at radius 1 is 1.21 bits per heavy atom. The lowest BCUT2D eigenvalue weighted by Gasteiger charge is -2.31. The first-order valence-corrected chi connectivity index (χ1v) is 10.7. The third kappa shape index (κ3) is 4.54. The average Bonchev–Trinajstić information content (AvgIpc) is 3.20. The van der Waals surface area contributed by atoms with Gasteiger partial charge in [-0.2, -0.15) is 0 Å². The predicted molar refractivity (Wildman–Crippen MR) is 111 cm³/mol. The molecule has 6 nitrogen and oxygen atoms in total. The van der Waals surface area contributed by atoms with Gasteiger partial charge >= 0.3 is 0 Å². The van der Waals surface area contributed by atoms with Crippen molar-refractivity contribution in [1.29, 1.82) is 0 Å². The number of benzene rings is 1. The number of rotatable bonds is 6. The number of fused-ring (bicyclic) bond motifs is 1. The first kappa shape index (κ1) is 19.0. The normalized spacial score (nSPS) is 15.8. The van der Waals surface area contributed by atoms with Crippen LogP contribution in [0.15, 0.2) is 36.0 Å². The maximum absolute atomic E-state index is 12.5. The molecular formula is C21H25N5OS. The fourth-order valence-electron chi connectivity index (χ4n) is 3.61. The third-order valence-electron chi connectivity index (χ3n) is 5.28. The number of nitrogens with one attached hydrogen (secondary N) is 1. The van der Waals surface area contributed by atoms with Crippen LogP contribution in [0.3, 0.4) is 0 Å². The summed E-state index contributed by atoms with van der Waals surface area (Å²) in [6, 6.07) is 5.46. The standard InChI is InChI=1S/C21H25N5OS/c1-2-20-25-17(14-28-20)13-26-9-5-15(6-10-26)12-24-21(27)16-3-4-18-19(11-16)23-8-7-22-18/h3-4,7-8,11,14-15H,2,5-6,9-10,12-13H2,1H3,(H,24,27). The number of likely N-dealkylation sites (tertiary alicyclic amines) is 1. The second-order valence-corrected chi connectivity index (χ2v) is 8.22. The van der Waals surface area contributed by atoms with Gasteiger partial charge in [-0.25, -0.2) is 4.98 Å². The van der Waals surface area contributed by atoms with Gasteiger partial charge in [-0.05, 0) is 56.5 Å². The molecule has 3 aromatic rings. The SMILES string of the molecule is CCc1nc(CN2CCC(CNC(=O)c3ccc4nccnc4c3)CC2)cs1. The van der Waals surface area contributed by atoms with E-state index in [2.05, 4.69) is 37.5 Å². The number of thiazole rings is 1. The molecule has 0 bridgehead atoms. The molecule has 1 saturated heterocycles. The second kappa shape index (κ2) is 8.75. The van der Waals surface area contributed by atoms with Gasteiger partial charge in [0.15, 0.2) is 0 Å². The molecular weight excluding hydrogens is 370 g/mol. The van der Waals surface area contributed by atoms with Gasteiger partial charge < -0.3 is 5.32 Å². The van der Waals surface area contributed by atoms with Crippen molar-refractivity contribution in [3.8, 4) is 0 Å². The Balaban J connectivity index is 1.24. The number of nitrogens with zero attached hydrogens (tertiary/aromatic N) is 4. The van der Waals surface area contributed by atoms with E-state index in [0.29, 0.717) is 11.5 Å². The van der Waals surface area contributed by atoms with Gasteiger partial charge in [0.1, 0.15) is 0 Å². The van der Waals surface area contributed by atoms with Crippen molar-refractivity contribution in [2.75, 3.05) is 19.6 Å². The summed E-state index contributed by atoms with van der Waals surface area (Å²) < 4.78 is 0. The molecule has 0 saturated carbocycles. The molecule has 1 aromatic carbocycles. The van der Waals surface area contributed by atoms with Crippen molar-refractivity contribution in [2.45, 2.75) is 32.7 Å². The summed E-state index contributed by atoms with van der Waals surface area (Å²) in [5, 5.41) is 6.49. The molecule has 4 rings (SSSR count). The number of hydrogen-bond acceptors (Lipinski definition) is 6. The first-order valence-electron chi connectivity index (χ1n) is 9.86. The molecule has 1 N–H and O–H groups in total. The molecule has 0 radical (unpaired) electrons. The summed E-state index contributed by atoms with van der Waals surface area (Å²) in [5.41, 5.74) is 3.38. The van der Waals surface area contributed by atoms with Crippen molar-refractivity contribution in [3.63, 3.8) is 0 Å². The number of carbonyl (C=O) groups excluding carboxylic acids is 1. The number of aryl methyl sites for hydroxylation is 1. The van der Waals surface area contributed by atoms with Crippen LogP contribution in [-0.2, 0) is 13.0 Å². The molecule has 0 unspecified atom stereocenters. The molecule has 0 aliphatic carbocycles. The minimum absolute atomic E-state index is 0.0375. The fraction of sp³-hybridized carbons (Fsp3) is 0.429. The number of amides is 1. The average molecular weight is 396 g/mol. The van der Waals surface area contributed by atoms with Crippen LogP contribution in [0.1, 0.15) is 40.8 Å². The third-order valence-corrected chi connectivity index (χ3v) is 6.32. The van der Waals surface area contributed by atoms with E-state index in [9.17, 15) is 4.79 Å². The van der Waals surface area contributed by atoms with Gasteiger partial charge in [0.25, 0.3) is 5.91 Å². The Labute approximate surface area is 169 Å². The number of carbonyl (C=O) groups is 1. The topological polar surface area (TPSA) is 71.0 Å². The second-order valence-electron chi connectivity index (χ2n) is 7.28. The van der Waals surface area contributed by atoms with Crippen LogP contribution < -0.4 is 5.32 Å². The van der Waals surface area contributed by atoms with Crippen molar-refractivity contribution < 1.29 is 4.79 Å². The van der Waals surface area contributed by atoms with Crippen molar-refractivity contribution in [3.05, 3.63) is 52.2 Å². The van der Waals surface area contributed by atoms with Crippen molar-refractivity contribution >= 4 is 28.3 Å². The molecule has 28 heavy (non-hydrogen) atoms. The zero-order valence-corrected chi connectivity index (χ0v) is 16.9. The van der Waals surface area contributed by atoms with E-state index < -0.39 is 0 Å². The summed E-state index contributed by atoms with van der Waals surface area (Å²) in [6.45, 7) is 5.93. The first-order chi connectivity index (χ1) is 13.7. The largest absolute Gasteiger partial charge is 0.352 e. The maximum Gasteiger partial charge on any atom is 0.251 e.